The third-order valence-corrected chi connectivity index (χ3v) is 5.49. The third kappa shape index (κ3) is 3.31. The lowest BCUT2D eigenvalue weighted by Gasteiger charge is -2.19. The highest BCUT2D eigenvalue weighted by Gasteiger charge is 2.33. The minimum Gasteiger partial charge on any atom is -0.487 e. The Bertz CT molecular complexity index is 790. The fourth-order valence-electron chi connectivity index (χ4n) is 3.63. The molecule has 1 N–H and O–H groups in total. The van der Waals surface area contributed by atoms with Gasteiger partial charge in [-0.25, -0.2) is 0 Å². The van der Waals surface area contributed by atoms with E-state index in [0.717, 1.165) is 34.9 Å². The number of halogens is 1. The van der Waals surface area contributed by atoms with Crippen molar-refractivity contribution in [3.05, 3.63) is 63.6 Å². The molecule has 1 heterocycles. The van der Waals surface area contributed by atoms with Crippen LogP contribution in [0.5, 0.6) is 5.75 Å². The first-order valence-corrected chi connectivity index (χ1v) is 9.41. The summed E-state index contributed by atoms with van der Waals surface area (Å²) in [7, 11) is 0. The maximum absolute atomic E-state index is 12.9. The minimum atomic E-state index is -0.439. The average Bonchev–Trinajstić information content (AvgIpc) is 3.14. The van der Waals surface area contributed by atoms with E-state index in [1.54, 1.807) is 0 Å². The van der Waals surface area contributed by atoms with Crippen LogP contribution in [0.1, 0.15) is 40.7 Å². The van der Waals surface area contributed by atoms with Gasteiger partial charge in [-0.15, -0.1) is 0 Å². The van der Waals surface area contributed by atoms with Crippen LogP contribution in [0.3, 0.4) is 0 Å². The van der Waals surface area contributed by atoms with Crippen molar-refractivity contribution in [1.29, 1.82) is 0 Å². The number of aliphatic hydroxyl groups is 1. The first kappa shape index (κ1) is 16.6. The van der Waals surface area contributed by atoms with Gasteiger partial charge in [-0.05, 0) is 48.6 Å². The molecule has 0 spiro atoms. The second kappa shape index (κ2) is 6.81. The summed E-state index contributed by atoms with van der Waals surface area (Å²) in [5.41, 5.74) is 2.74. The number of carbonyl (C=O) groups is 1. The van der Waals surface area contributed by atoms with Gasteiger partial charge in [-0.3, -0.25) is 4.79 Å². The van der Waals surface area contributed by atoms with Crippen LogP contribution in [-0.4, -0.2) is 28.1 Å². The normalized spacial score (nSPS) is 22.3. The Morgan fingerprint density at radius 3 is 2.68 bits per heavy atom. The van der Waals surface area contributed by atoms with Gasteiger partial charge in [0.25, 0.3) is 5.91 Å². The Balaban J connectivity index is 1.54. The van der Waals surface area contributed by atoms with Crippen molar-refractivity contribution in [3.8, 4) is 5.75 Å². The fourth-order valence-corrected chi connectivity index (χ4v) is 3.89. The summed E-state index contributed by atoms with van der Waals surface area (Å²) in [6.07, 6.45) is 1.92. The SMILES string of the molecule is O=C1c2c(cccc2O[C@H]2CCC[C@@H]2O)CN1Cc1ccc(Br)cc1. The molecule has 1 aliphatic heterocycles. The largest absolute Gasteiger partial charge is 0.487 e. The Hall–Kier alpha value is -1.85. The molecule has 0 unspecified atom stereocenters. The maximum Gasteiger partial charge on any atom is 0.258 e. The van der Waals surface area contributed by atoms with Gasteiger partial charge in [0.05, 0.1) is 11.7 Å². The number of ether oxygens (including phenoxy) is 1. The van der Waals surface area contributed by atoms with E-state index in [1.807, 2.05) is 47.4 Å². The first-order chi connectivity index (χ1) is 12.1. The van der Waals surface area contributed by atoms with Gasteiger partial charge in [0.2, 0.25) is 0 Å². The van der Waals surface area contributed by atoms with Gasteiger partial charge < -0.3 is 14.7 Å². The molecule has 0 radical (unpaired) electrons. The number of carbonyl (C=O) groups excluding carboxylic acids is 1. The maximum atomic E-state index is 12.9. The van der Waals surface area contributed by atoms with Crippen LogP contribution >= 0.6 is 15.9 Å². The molecule has 5 heteroatoms. The highest BCUT2D eigenvalue weighted by molar-refractivity contribution is 9.10. The van der Waals surface area contributed by atoms with E-state index in [-0.39, 0.29) is 12.0 Å². The van der Waals surface area contributed by atoms with Crippen molar-refractivity contribution in [1.82, 2.24) is 4.90 Å². The van der Waals surface area contributed by atoms with Gasteiger partial charge in [0, 0.05) is 17.6 Å². The van der Waals surface area contributed by atoms with E-state index in [9.17, 15) is 9.90 Å². The Kier molecular flexibility index (Phi) is 4.52. The molecule has 1 fully saturated rings. The van der Waals surface area contributed by atoms with Crippen LogP contribution < -0.4 is 4.74 Å². The topological polar surface area (TPSA) is 49.8 Å². The summed E-state index contributed by atoms with van der Waals surface area (Å²) < 4.78 is 7.04. The minimum absolute atomic E-state index is 0.000931. The van der Waals surface area contributed by atoms with Crippen LogP contribution in [0.2, 0.25) is 0 Å². The number of nitrogens with zero attached hydrogens (tertiary/aromatic N) is 1. The Morgan fingerprint density at radius 2 is 1.96 bits per heavy atom. The molecule has 0 aromatic heterocycles. The zero-order valence-corrected chi connectivity index (χ0v) is 15.4. The number of rotatable bonds is 4. The number of benzene rings is 2. The third-order valence-electron chi connectivity index (χ3n) is 4.96. The van der Waals surface area contributed by atoms with Gasteiger partial charge in [0.15, 0.2) is 0 Å². The Labute approximate surface area is 155 Å². The molecule has 4 rings (SSSR count). The van der Waals surface area contributed by atoms with Crippen molar-refractivity contribution >= 4 is 21.8 Å². The first-order valence-electron chi connectivity index (χ1n) is 8.62. The summed E-state index contributed by atoms with van der Waals surface area (Å²) in [4.78, 5) is 14.8. The molecule has 1 amide bonds. The number of fused-ring (bicyclic) bond motifs is 1. The Morgan fingerprint density at radius 1 is 1.16 bits per heavy atom. The van der Waals surface area contributed by atoms with Gasteiger partial charge in [-0.2, -0.15) is 0 Å². The molecular weight excluding hydrogens is 382 g/mol. The van der Waals surface area contributed by atoms with Crippen molar-refractivity contribution in [3.63, 3.8) is 0 Å². The van der Waals surface area contributed by atoms with Crippen LogP contribution in [-0.2, 0) is 13.1 Å². The molecule has 4 nitrogen and oxygen atoms in total. The number of hydrogen-bond acceptors (Lipinski definition) is 3. The van der Waals surface area contributed by atoms with Crippen LogP contribution in [0.25, 0.3) is 0 Å². The summed E-state index contributed by atoms with van der Waals surface area (Å²) >= 11 is 3.43. The quantitative estimate of drug-likeness (QED) is 0.844. The molecular formula is C20H20BrNO3. The van der Waals surface area contributed by atoms with Crippen molar-refractivity contribution in [2.75, 3.05) is 0 Å². The van der Waals surface area contributed by atoms with Crippen molar-refractivity contribution in [2.24, 2.45) is 0 Å². The monoisotopic (exact) mass is 401 g/mol. The molecule has 1 aliphatic carbocycles. The molecule has 2 aromatic rings. The standard InChI is InChI=1S/C20H20BrNO3/c21-15-9-7-13(8-10-15)11-22-12-14-3-1-6-18(19(14)20(22)24)25-17-5-2-4-16(17)23/h1,3,6-10,16-17,23H,2,4-5,11-12H2/t16-,17-/m0/s1. The van der Waals surface area contributed by atoms with Gasteiger partial charge >= 0.3 is 0 Å². The van der Waals surface area contributed by atoms with E-state index in [0.29, 0.717) is 24.4 Å². The highest BCUT2D eigenvalue weighted by atomic mass is 79.9. The zero-order valence-electron chi connectivity index (χ0n) is 13.8. The summed E-state index contributed by atoms with van der Waals surface area (Å²) in [6, 6.07) is 13.8. The highest BCUT2D eigenvalue weighted by Crippen LogP contribution is 2.34. The molecule has 1 saturated carbocycles. The zero-order chi connectivity index (χ0) is 17.4. The second-order valence-corrected chi connectivity index (χ2v) is 7.65. The van der Waals surface area contributed by atoms with E-state index in [4.69, 9.17) is 4.74 Å². The van der Waals surface area contributed by atoms with Gasteiger partial charge in [0.1, 0.15) is 11.9 Å². The average molecular weight is 402 g/mol. The molecule has 0 bridgehead atoms. The number of hydrogen-bond donors (Lipinski definition) is 1. The molecule has 25 heavy (non-hydrogen) atoms. The second-order valence-electron chi connectivity index (χ2n) is 6.73. The summed E-state index contributed by atoms with van der Waals surface area (Å²) in [5.74, 6) is 0.604. The van der Waals surface area contributed by atoms with Crippen molar-refractivity contribution in [2.45, 2.75) is 44.6 Å². The van der Waals surface area contributed by atoms with Crippen LogP contribution in [0.4, 0.5) is 0 Å². The molecule has 2 atom stereocenters. The van der Waals surface area contributed by atoms with Crippen LogP contribution in [0, 0.1) is 0 Å². The lowest BCUT2D eigenvalue weighted by atomic mass is 10.1. The fraction of sp³-hybridized carbons (Fsp3) is 0.350. The number of aliphatic hydroxyl groups excluding tert-OH is 1. The predicted molar refractivity (Wildman–Crippen MR) is 98.4 cm³/mol. The van der Waals surface area contributed by atoms with Gasteiger partial charge in [-0.1, -0.05) is 40.2 Å². The van der Waals surface area contributed by atoms with Crippen LogP contribution in [0.15, 0.2) is 46.9 Å². The van der Waals surface area contributed by atoms with Crippen molar-refractivity contribution < 1.29 is 14.6 Å². The molecule has 130 valence electrons. The van der Waals surface area contributed by atoms with E-state index < -0.39 is 6.10 Å². The summed E-state index contributed by atoms with van der Waals surface area (Å²) in [6.45, 7) is 1.17. The molecule has 2 aliphatic rings. The summed E-state index contributed by atoms with van der Waals surface area (Å²) in [5, 5.41) is 10.0. The predicted octanol–water partition coefficient (Wildman–Crippen LogP) is 3.90. The van der Waals surface area contributed by atoms with E-state index in [2.05, 4.69) is 15.9 Å². The lowest BCUT2D eigenvalue weighted by Crippen LogP contribution is -2.27. The van der Waals surface area contributed by atoms with E-state index >= 15 is 0 Å². The molecule has 0 saturated heterocycles. The lowest BCUT2D eigenvalue weighted by molar-refractivity contribution is 0.0582. The molecule has 2 aromatic carbocycles. The number of amides is 1. The van der Waals surface area contributed by atoms with E-state index in [1.165, 1.54) is 0 Å². The smallest absolute Gasteiger partial charge is 0.258 e.